The van der Waals surface area contributed by atoms with Crippen LogP contribution in [0.2, 0.25) is 0 Å². The molecule has 1 N–H and O–H groups in total. The Labute approximate surface area is 119 Å². The van der Waals surface area contributed by atoms with Crippen LogP contribution in [-0.2, 0) is 16.1 Å². The van der Waals surface area contributed by atoms with Crippen LogP contribution in [0.1, 0.15) is 18.4 Å². The molecule has 0 bridgehead atoms. The van der Waals surface area contributed by atoms with Gasteiger partial charge in [-0.2, -0.15) is 0 Å². The van der Waals surface area contributed by atoms with Crippen LogP contribution in [0.15, 0.2) is 24.3 Å². The highest BCUT2D eigenvalue weighted by Gasteiger charge is 2.20. The predicted molar refractivity (Wildman–Crippen MR) is 74.9 cm³/mol. The van der Waals surface area contributed by atoms with Gasteiger partial charge in [0, 0.05) is 19.6 Å². The largest absolute Gasteiger partial charge is 0.497 e. The van der Waals surface area contributed by atoms with Crippen LogP contribution in [0.25, 0.3) is 0 Å². The SMILES string of the molecule is COc1cccc(CN2CCC(OCC(=O)O)CC2)c1. The molecule has 1 fully saturated rings. The van der Waals surface area contributed by atoms with E-state index in [0.29, 0.717) is 0 Å². The van der Waals surface area contributed by atoms with E-state index in [0.717, 1.165) is 38.2 Å². The number of ether oxygens (including phenoxy) is 2. The standard InChI is InChI=1S/C15H21NO4/c1-19-14-4-2-3-12(9-14)10-16-7-5-13(6-8-16)20-11-15(17)18/h2-4,9,13H,5-8,10-11H2,1H3,(H,17,18). The zero-order chi connectivity index (χ0) is 14.4. The number of carboxylic acid groups (broad SMARTS) is 1. The lowest BCUT2D eigenvalue weighted by Gasteiger charge is -2.31. The topological polar surface area (TPSA) is 59.0 Å². The molecule has 1 aromatic carbocycles. The lowest BCUT2D eigenvalue weighted by molar-refractivity contribution is -0.145. The Morgan fingerprint density at radius 1 is 1.40 bits per heavy atom. The molecule has 1 aliphatic heterocycles. The van der Waals surface area contributed by atoms with E-state index in [9.17, 15) is 4.79 Å². The van der Waals surface area contributed by atoms with Crippen molar-refractivity contribution in [3.05, 3.63) is 29.8 Å². The van der Waals surface area contributed by atoms with Gasteiger partial charge in [-0.25, -0.2) is 4.79 Å². The van der Waals surface area contributed by atoms with Crippen LogP contribution in [0.3, 0.4) is 0 Å². The van der Waals surface area contributed by atoms with Crippen molar-refractivity contribution in [3.63, 3.8) is 0 Å². The third-order valence-corrected chi connectivity index (χ3v) is 3.52. The van der Waals surface area contributed by atoms with Gasteiger partial charge in [0.05, 0.1) is 13.2 Å². The van der Waals surface area contributed by atoms with E-state index in [1.165, 1.54) is 5.56 Å². The van der Waals surface area contributed by atoms with Gasteiger partial charge in [0.2, 0.25) is 0 Å². The summed E-state index contributed by atoms with van der Waals surface area (Å²) in [6, 6.07) is 8.08. The number of likely N-dealkylation sites (tertiary alicyclic amines) is 1. The number of nitrogens with zero attached hydrogens (tertiary/aromatic N) is 1. The molecule has 0 spiro atoms. The number of hydrogen-bond acceptors (Lipinski definition) is 4. The Balaban J connectivity index is 1.77. The van der Waals surface area contributed by atoms with E-state index < -0.39 is 5.97 Å². The first-order valence-electron chi connectivity index (χ1n) is 6.86. The van der Waals surface area contributed by atoms with Gasteiger partial charge >= 0.3 is 5.97 Å². The van der Waals surface area contributed by atoms with Crippen LogP contribution < -0.4 is 4.74 Å². The fourth-order valence-corrected chi connectivity index (χ4v) is 2.45. The molecular formula is C15H21NO4. The third kappa shape index (κ3) is 4.51. The van der Waals surface area contributed by atoms with Crippen molar-refractivity contribution in [2.75, 3.05) is 26.8 Å². The number of carbonyl (C=O) groups is 1. The lowest BCUT2D eigenvalue weighted by atomic mass is 10.1. The van der Waals surface area contributed by atoms with E-state index in [1.807, 2.05) is 18.2 Å². The highest BCUT2D eigenvalue weighted by Crippen LogP contribution is 2.18. The number of rotatable bonds is 6. The number of aliphatic carboxylic acids is 1. The Hall–Kier alpha value is -1.59. The Bertz CT molecular complexity index is 441. The van der Waals surface area contributed by atoms with E-state index >= 15 is 0 Å². The van der Waals surface area contributed by atoms with Gasteiger partial charge in [0.15, 0.2) is 0 Å². The monoisotopic (exact) mass is 279 g/mol. The summed E-state index contributed by atoms with van der Waals surface area (Å²) in [7, 11) is 1.67. The van der Waals surface area contributed by atoms with Crippen molar-refractivity contribution in [3.8, 4) is 5.75 Å². The van der Waals surface area contributed by atoms with Gasteiger partial charge in [-0.1, -0.05) is 12.1 Å². The van der Waals surface area contributed by atoms with E-state index in [2.05, 4.69) is 11.0 Å². The molecule has 2 rings (SSSR count). The number of benzene rings is 1. The molecule has 5 nitrogen and oxygen atoms in total. The molecule has 0 atom stereocenters. The lowest BCUT2D eigenvalue weighted by Crippen LogP contribution is -2.37. The Morgan fingerprint density at radius 3 is 2.80 bits per heavy atom. The van der Waals surface area contributed by atoms with Crippen molar-refractivity contribution in [1.29, 1.82) is 0 Å². The fraction of sp³-hybridized carbons (Fsp3) is 0.533. The molecular weight excluding hydrogens is 258 g/mol. The minimum Gasteiger partial charge on any atom is -0.497 e. The van der Waals surface area contributed by atoms with E-state index in [-0.39, 0.29) is 12.7 Å². The number of piperidine rings is 1. The van der Waals surface area contributed by atoms with Crippen LogP contribution in [0, 0.1) is 0 Å². The van der Waals surface area contributed by atoms with Crippen molar-refractivity contribution >= 4 is 5.97 Å². The summed E-state index contributed by atoms with van der Waals surface area (Å²) < 4.78 is 10.6. The summed E-state index contributed by atoms with van der Waals surface area (Å²) in [5, 5.41) is 8.59. The second kappa shape index (κ2) is 7.26. The molecule has 1 aromatic rings. The smallest absolute Gasteiger partial charge is 0.329 e. The number of carboxylic acids is 1. The number of hydrogen-bond donors (Lipinski definition) is 1. The van der Waals surface area contributed by atoms with E-state index in [1.54, 1.807) is 7.11 Å². The maximum atomic E-state index is 10.5. The van der Waals surface area contributed by atoms with Crippen LogP contribution in [0.4, 0.5) is 0 Å². The fourth-order valence-electron chi connectivity index (χ4n) is 2.45. The summed E-state index contributed by atoms with van der Waals surface area (Å²) in [5.41, 5.74) is 1.23. The minimum absolute atomic E-state index is 0.0765. The summed E-state index contributed by atoms with van der Waals surface area (Å²) in [6.07, 6.45) is 1.85. The Morgan fingerprint density at radius 2 is 2.15 bits per heavy atom. The molecule has 0 amide bonds. The summed E-state index contributed by atoms with van der Waals surface area (Å²) in [5.74, 6) is -0.0222. The molecule has 5 heteroatoms. The van der Waals surface area contributed by atoms with Crippen LogP contribution in [-0.4, -0.2) is 48.9 Å². The van der Waals surface area contributed by atoms with Crippen molar-refractivity contribution in [2.24, 2.45) is 0 Å². The first-order valence-corrected chi connectivity index (χ1v) is 6.86. The summed E-state index contributed by atoms with van der Waals surface area (Å²) in [4.78, 5) is 12.8. The maximum absolute atomic E-state index is 10.5. The second-order valence-electron chi connectivity index (χ2n) is 5.03. The molecule has 0 radical (unpaired) electrons. The van der Waals surface area contributed by atoms with Gasteiger partial charge in [0.25, 0.3) is 0 Å². The molecule has 0 saturated carbocycles. The normalized spacial score (nSPS) is 17.1. The van der Waals surface area contributed by atoms with Gasteiger partial charge in [0.1, 0.15) is 12.4 Å². The summed E-state index contributed by atoms with van der Waals surface area (Å²) in [6.45, 7) is 2.56. The molecule has 110 valence electrons. The van der Waals surface area contributed by atoms with Gasteiger partial charge in [-0.3, -0.25) is 4.90 Å². The van der Waals surface area contributed by atoms with Crippen LogP contribution in [0.5, 0.6) is 5.75 Å². The maximum Gasteiger partial charge on any atom is 0.329 e. The van der Waals surface area contributed by atoms with Crippen LogP contribution >= 0.6 is 0 Å². The van der Waals surface area contributed by atoms with Crippen molar-refractivity contribution < 1.29 is 19.4 Å². The predicted octanol–water partition coefficient (Wildman–Crippen LogP) is 1.76. The second-order valence-corrected chi connectivity index (χ2v) is 5.03. The molecule has 0 aromatic heterocycles. The highest BCUT2D eigenvalue weighted by molar-refractivity contribution is 5.68. The van der Waals surface area contributed by atoms with Gasteiger partial charge in [-0.05, 0) is 30.5 Å². The summed E-state index contributed by atoms with van der Waals surface area (Å²) >= 11 is 0. The Kier molecular flexibility index (Phi) is 5.38. The molecule has 1 saturated heterocycles. The highest BCUT2D eigenvalue weighted by atomic mass is 16.5. The minimum atomic E-state index is -0.899. The van der Waals surface area contributed by atoms with Gasteiger partial charge < -0.3 is 14.6 Å². The molecule has 1 aliphatic rings. The molecule has 1 heterocycles. The quantitative estimate of drug-likeness (QED) is 0.860. The first-order chi connectivity index (χ1) is 9.67. The molecule has 20 heavy (non-hydrogen) atoms. The zero-order valence-corrected chi connectivity index (χ0v) is 11.7. The molecule has 0 aliphatic carbocycles. The number of methoxy groups -OCH3 is 1. The molecule has 0 unspecified atom stereocenters. The van der Waals surface area contributed by atoms with E-state index in [4.69, 9.17) is 14.6 Å². The zero-order valence-electron chi connectivity index (χ0n) is 11.7. The van der Waals surface area contributed by atoms with Crippen molar-refractivity contribution in [1.82, 2.24) is 4.90 Å². The third-order valence-electron chi connectivity index (χ3n) is 3.52. The van der Waals surface area contributed by atoms with Gasteiger partial charge in [-0.15, -0.1) is 0 Å². The average molecular weight is 279 g/mol. The first kappa shape index (κ1) is 14.8. The van der Waals surface area contributed by atoms with Crippen molar-refractivity contribution in [2.45, 2.75) is 25.5 Å². The average Bonchev–Trinajstić information content (AvgIpc) is 2.47.